The molecule has 7 heteroatoms. The molecule has 6 nitrogen and oxygen atoms in total. The van der Waals surface area contributed by atoms with E-state index < -0.39 is 16.8 Å². The Hall–Kier alpha value is -2.18. The molecule has 0 spiro atoms. The van der Waals surface area contributed by atoms with Gasteiger partial charge < -0.3 is 10.2 Å². The van der Waals surface area contributed by atoms with Crippen molar-refractivity contribution in [3.63, 3.8) is 0 Å². The number of nitrogens with one attached hydrogen (secondary N) is 1. The number of likely N-dealkylation sites (N-methyl/N-ethyl adjacent to an activating group) is 1. The molecule has 0 radical (unpaired) electrons. The second kappa shape index (κ2) is 5.44. The van der Waals surface area contributed by atoms with Crippen LogP contribution in [0, 0.1) is 15.9 Å². The lowest BCUT2D eigenvalue weighted by Gasteiger charge is -2.18. The minimum absolute atomic E-state index is 0.199. The van der Waals surface area contributed by atoms with Gasteiger partial charge in [-0.2, -0.15) is 0 Å². The molecule has 0 aliphatic rings. The molecule has 1 aromatic carbocycles. The second-order valence-corrected chi connectivity index (χ2v) is 4.05. The second-order valence-electron chi connectivity index (χ2n) is 4.05. The van der Waals surface area contributed by atoms with Crippen LogP contribution in [0.3, 0.4) is 0 Å². The molecule has 0 fully saturated rings. The lowest BCUT2D eigenvalue weighted by atomic mass is 10.2. The molecule has 0 aliphatic heterocycles. The maximum absolute atomic E-state index is 13.2. The molecule has 98 valence electrons. The van der Waals surface area contributed by atoms with Gasteiger partial charge >= 0.3 is 0 Å². The van der Waals surface area contributed by atoms with E-state index in [1.807, 2.05) is 0 Å². The molecule has 0 aliphatic carbocycles. The summed E-state index contributed by atoms with van der Waals surface area (Å²) in [5.74, 6) is -0.932. The number of halogens is 1. The van der Waals surface area contributed by atoms with Gasteiger partial charge in [-0.3, -0.25) is 14.9 Å². The van der Waals surface area contributed by atoms with E-state index in [-0.39, 0.29) is 17.3 Å². The number of nitrogens with zero attached hydrogens (tertiary/aromatic N) is 2. The summed E-state index contributed by atoms with van der Waals surface area (Å²) in [7, 11) is 3.18. The van der Waals surface area contributed by atoms with Crippen molar-refractivity contribution < 1.29 is 14.1 Å². The number of nitro benzene ring substituents is 1. The summed E-state index contributed by atoms with van der Waals surface area (Å²) in [6.45, 7) is 1.60. The van der Waals surface area contributed by atoms with Crippen LogP contribution in [0.15, 0.2) is 18.2 Å². The van der Waals surface area contributed by atoms with Crippen molar-refractivity contribution in [1.82, 2.24) is 4.90 Å². The first-order chi connectivity index (χ1) is 8.31. The lowest BCUT2D eigenvalue weighted by Crippen LogP contribution is -2.36. The van der Waals surface area contributed by atoms with Crippen LogP contribution in [0.1, 0.15) is 6.92 Å². The summed E-state index contributed by atoms with van der Waals surface area (Å²) in [4.78, 5) is 22.8. The SMILES string of the molecule is CC(Nc1cc(F)cc([N+](=O)[O-])c1)C(=O)N(C)C. The lowest BCUT2D eigenvalue weighted by molar-refractivity contribution is -0.385. The fourth-order valence-electron chi connectivity index (χ4n) is 1.46. The summed E-state index contributed by atoms with van der Waals surface area (Å²) in [6.07, 6.45) is 0. The highest BCUT2D eigenvalue weighted by molar-refractivity contribution is 5.83. The van der Waals surface area contributed by atoms with Gasteiger partial charge in [0.15, 0.2) is 0 Å². The monoisotopic (exact) mass is 255 g/mol. The third-order valence-corrected chi connectivity index (χ3v) is 2.29. The van der Waals surface area contributed by atoms with Crippen molar-refractivity contribution in [2.45, 2.75) is 13.0 Å². The van der Waals surface area contributed by atoms with Crippen LogP contribution in [0.4, 0.5) is 15.8 Å². The Kier molecular flexibility index (Phi) is 4.19. The fraction of sp³-hybridized carbons (Fsp3) is 0.364. The van der Waals surface area contributed by atoms with Crippen LogP contribution < -0.4 is 5.32 Å². The van der Waals surface area contributed by atoms with Crippen LogP contribution in [0.5, 0.6) is 0 Å². The average Bonchev–Trinajstić information content (AvgIpc) is 2.26. The third kappa shape index (κ3) is 3.41. The molecular weight excluding hydrogens is 241 g/mol. The van der Waals surface area contributed by atoms with Crippen molar-refractivity contribution in [2.24, 2.45) is 0 Å². The largest absolute Gasteiger partial charge is 0.374 e. The number of anilines is 1. The molecule has 1 rings (SSSR count). The molecule has 0 bridgehead atoms. The van der Waals surface area contributed by atoms with E-state index in [1.165, 1.54) is 11.0 Å². The average molecular weight is 255 g/mol. The number of hydrogen-bond acceptors (Lipinski definition) is 4. The molecule has 0 heterocycles. The van der Waals surface area contributed by atoms with Crippen molar-refractivity contribution in [2.75, 3.05) is 19.4 Å². The predicted octanol–water partition coefficient (Wildman–Crippen LogP) is 1.62. The van der Waals surface area contributed by atoms with Crippen LogP contribution in [-0.4, -0.2) is 35.9 Å². The van der Waals surface area contributed by atoms with Gasteiger partial charge in [0.2, 0.25) is 5.91 Å². The molecule has 0 saturated heterocycles. The van der Waals surface area contributed by atoms with Crippen molar-refractivity contribution in [3.05, 3.63) is 34.1 Å². The van der Waals surface area contributed by atoms with Gasteiger partial charge in [0.05, 0.1) is 11.0 Å². The maximum Gasteiger partial charge on any atom is 0.274 e. The van der Waals surface area contributed by atoms with Gasteiger partial charge in [-0.15, -0.1) is 0 Å². The molecule has 1 amide bonds. The van der Waals surface area contributed by atoms with Gasteiger partial charge in [-0.25, -0.2) is 4.39 Å². The summed E-state index contributed by atoms with van der Waals surface area (Å²) in [5.41, 5.74) is -0.161. The van der Waals surface area contributed by atoms with Crippen molar-refractivity contribution in [1.29, 1.82) is 0 Å². The van der Waals surface area contributed by atoms with Crippen molar-refractivity contribution >= 4 is 17.3 Å². The number of non-ortho nitro benzene ring substituents is 1. The highest BCUT2D eigenvalue weighted by atomic mass is 19.1. The van der Waals surface area contributed by atoms with Crippen LogP contribution in [-0.2, 0) is 4.79 Å². The van der Waals surface area contributed by atoms with E-state index in [9.17, 15) is 19.3 Å². The number of nitro groups is 1. The van der Waals surface area contributed by atoms with E-state index in [2.05, 4.69) is 5.32 Å². The molecule has 1 N–H and O–H groups in total. The predicted molar refractivity (Wildman–Crippen MR) is 64.8 cm³/mol. The first-order valence-corrected chi connectivity index (χ1v) is 5.24. The normalized spacial score (nSPS) is 11.8. The Balaban J connectivity index is 2.91. The van der Waals surface area contributed by atoms with Crippen molar-refractivity contribution in [3.8, 4) is 0 Å². The zero-order valence-corrected chi connectivity index (χ0v) is 10.3. The van der Waals surface area contributed by atoms with E-state index in [1.54, 1.807) is 21.0 Å². The first kappa shape index (κ1) is 13.9. The minimum atomic E-state index is -0.726. The number of carbonyl (C=O) groups is 1. The Labute approximate surface area is 104 Å². The molecule has 0 aromatic heterocycles. The topological polar surface area (TPSA) is 75.5 Å². The number of rotatable bonds is 4. The number of hydrogen-bond donors (Lipinski definition) is 1. The third-order valence-electron chi connectivity index (χ3n) is 2.29. The summed E-state index contributed by atoms with van der Waals surface area (Å²) in [6, 6.07) is 2.51. The smallest absolute Gasteiger partial charge is 0.274 e. The van der Waals surface area contributed by atoms with E-state index in [0.29, 0.717) is 0 Å². The summed E-state index contributed by atoms with van der Waals surface area (Å²) >= 11 is 0. The Morgan fingerprint density at radius 3 is 2.56 bits per heavy atom. The summed E-state index contributed by atoms with van der Waals surface area (Å²) < 4.78 is 13.2. The fourth-order valence-corrected chi connectivity index (χ4v) is 1.46. The van der Waals surface area contributed by atoms with Crippen LogP contribution in [0.2, 0.25) is 0 Å². The van der Waals surface area contributed by atoms with E-state index >= 15 is 0 Å². The number of carbonyl (C=O) groups excluding carboxylic acids is 1. The Morgan fingerprint density at radius 2 is 2.06 bits per heavy atom. The van der Waals surface area contributed by atoms with Gasteiger partial charge in [-0.05, 0) is 13.0 Å². The van der Waals surface area contributed by atoms with E-state index in [0.717, 1.165) is 12.1 Å². The van der Waals surface area contributed by atoms with E-state index in [4.69, 9.17) is 0 Å². The minimum Gasteiger partial charge on any atom is -0.374 e. The zero-order chi connectivity index (χ0) is 13.9. The highest BCUT2D eigenvalue weighted by Gasteiger charge is 2.16. The van der Waals surface area contributed by atoms with Crippen LogP contribution in [0.25, 0.3) is 0 Å². The van der Waals surface area contributed by atoms with Gasteiger partial charge in [0.1, 0.15) is 11.9 Å². The quantitative estimate of drug-likeness (QED) is 0.655. The number of benzene rings is 1. The Morgan fingerprint density at radius 1 is 1.44 bits per heavy atom. The molecule has 0 saturated carbocycles. The molecule has 1 aromatic rings. The highest BCUT2D eigenvalue weighted by Crippen LogP contribution is 2.20. The molecule has 1 atom stereocenters. The summed E-state index contributed by atoms with van der Waals surface area (Å²) in [5, 5.41) is 13.3. The molecule has 1 unspecified atom stereocenters. The molecule has 18 heavy (non-hydrogen) atoms. The number of amides is 1. The zero-order valence-electron chi connectivity index (χ0n) is 10.3. The first-order valence-electron chi connectivity index (χ1n) is 5.24. The van der Waals surface area contributed by atoms with Crippen LogP contribution >= 0.6 is 0 Å². The maximum atomic E-state index is 13.2. The van der Waals surface area contributed by atoms with Gasteiger partial charge in [0, 0.05) is 25.8 Å². The Bertz CT molecular complexity index is 477. The molecular formula is C11H14FN3O3. The van der Waals surface area contributed by atoms with Gasteiger partial charge in [0.25, 0.3) is 5.69 Å². The standard InChI is InChI=1S/C11H14FN3O3/c1-7(11(16)14(2)3)13-9-4-8(12)5-10(6-9)15(17)18/h4-7,13H,1-3H3. The van der Waals surface area contributed by atoms with Gasteiger partial charge in [-0.1, -0.05) is 0 Å².